The molecule has 2 aromatic carbocycles. The maximum atomic E-state index is 13.4. The minimum atomic E-state index is -0.219. The molecule has 2 heterocycles. The van der Waals surface area contributed by atoms with Gasteiger partial charge in [0.25, 0.3) is 0 Å². The largest absolute Gasteiger partial charge is 0.378 e. The SMILES string of the molecule is Cc1ccc(-c2cc(N3CCOCC3)c(C)n2-c2ccc(F)cc2)cc1. The summed E-state index contributed by atoms with van der Waals surface area (Å²) in [7, 11) is 0. The molecule has 0 unspecified atom stereocenters. The predicted molar refractivity (Wildman–Crippen MR) is 104 cm³/mol. The molecule has 0 atom stereocenters. The third kappa shape index (κ3) is 3.13. The third-order valence-electron chi connectivity index (χ3n) is 5.00. The Kier molecular flexibility index (Phi) is 4.51. The molecule has 4 rings (SSSR count). The zero-order chi connectivity index (χ0) is 18.1. The summed E-state index contributed by atoms with van der Waals surface area (Å²) in [5.74, 6) is -0.219. The van der Waals surface area contributed by atoms with Crippen LogP contribution in [0, 0.1) is 19.7 Å². The topological polar surface area (TPSA) is 17.4 Å². The lowest BCUT2D eigenvalue weighted by Gasteiger charge is -2.28. The molecule has 1 fully saturated rings. The lowest BCUT2D eigenvalue weighted by atomic mass is 10.1. The molecule has 26 heavy (non-hydrogen) atoms. The van der Waals surface area contributed by atoms with Crippen molar-refractivity contribution in [1.82, 2.24) is 4.57 Å². The normalized spacial score (nSPS) is 14.7. The van der Waals surface area contributed by atoms with Gasteiger partial charge < -0.3 is 14.2 Å². The van der Waals surface area contributed by atoms with Crippen molar-refractivity contribution >= 4 is 5.69 Å². The van der Waals surface area contributed by atoms with Gasteiger partial charge in [0, 0.05) is 24.5 Å². The molecule has 0 bridgehead atoms. The molecule has 0 radical (unpaired) electrons. The molecule has 0 spiro atoms. The Bertz CT molecular complexity index is 891. The Balaban J connectivity index is 1.87. The molecule has 0 amide bonds. The summed E-state index contributed by atoms with van der Waals surface area (Å²) in [5.41, 5.74) is 6.86. The molecule has 3 nitrogen and oxygen atoms in total. The van der Waals surface area contributed by atoms with Crippen LogP contribution in [-0.2, 0) is 4.74 Å². The summed E-state index contributed by atoms with van der Waals surface area (Å²) in [6.45, 7) is 7.50. The van der Waals surface area contributed by atoms with E-state index in [4.69, 9.17) is 4.74 Å². The fourth-order valence-electron chi connectivity index (χ4n) is 3.58. The van der Waals surface area contributed by atoms with E-state index in [1.807, 2.05) is 12.1 Å². The summed E-state index contributed by atoms with van der Waals surface area (Å²) in [6.07, 6.45) is 0. The fourth-order valence-corrected chi connectivity index (χ4v) is 3.58. The van der Waals surface area contributed by atoms with Crippen LogP contribution in [0.4, 0.5) is 10.1 Å². The van der Waals surface area contributed by atoms with Crippen LogP contribution < -0.4 is 4.90 Å². The molecule has 1 aromatic heterocycles. The minimum Gasteiger partial charge on any atom is -0.378 e. The number of hydrogen-bond acceptors (Lipinski definition) is 2. The van der Waals surface area contributed by atoms with Crippen molar-refractivity contribution in [1.29, 1.82) is 0 Å². The highest BCUT2D eigenvalue weighted by Crippen LogP contribution is 2.34. The molecule has 4 heteroatoms. The van der Waals surface area contributed by atoms with Crippen molar-refractivity contribution in [2.75, 3.05) is 31.2 Å². The second kappa shape index (κ2) is 6.96. The van der Waals surface area contributed by atoms with E-state index in [2.05, 4.69) is 53.6 Å². The number of morpholine rings is 1. The molecular formula is C22H23FN2O. The van der Waals surface area contributed by atoms with Crippen LogP contribution in [0.5, 0.6) is 0 Å². The molecule has 1 aliphatic rings. The third-order valence-corrected chi connectivity index (χ3v) is 5.00. The van der Waals surface area contributed by atoms with Crippen molar-refractivity contribution < 1.29 is 9.13 Å². The number of nitrogens with zero attached hydrogens (tertiary/aromatic N) is 2. The van der Waals surface area contributed by atoms with Crippen LogP contribution in [0.3, 0.4) is 0 Å². The van der Waals surface area contributed by atoms with Gasteiger partial charge in [-0.25, -0.2) is 4.39 Å². The smallest absolute Gasteiger partial charge is 0.123 e. The monoisotopic (exact) mass is 350 g/mol. The second-order valence-electron chi connectivity index (χ2n) is 6.78. The van der Waals surface area contributed by atoms with Crippen molar-refractivity contribution in [2.45, 2.75) is 13.8 Å². The van der Waals surface area contributed by atoms with Crippen LogP contribution in [0.25, 0.3) is 16.9 Å². The average Bonchev–Trinajstić information content (AvgIpc) is 3.01. The van der Waals surface area contributed by atoms with E-state index in [0.717, 1.165) is 48.9 Å². The Morgan fingerprint density at radius 1 is 0.885 bits per heavy atom. The predicted octanol–water partition coefficient (Wildman–Crippen LogP) is 4.74. The zero-order valence-corrected chi connectivity index (χ0v) is 15.2. The lowest BCUT2D eigenvalue weighted by Crippen LogP contribution is -2.36. The van der Waals surface area contributed by atoms with E-state index in [0.29, 0.717) is 0 Å². The first kappa shape index (κ1) is 16.9. The van der Waals surface area contributed by atoms with Crippen LogP contribution in [0.1, 0.15) is 11.3 Å². The Hall–Kier alpha value is -2.59. The molecule has 0 aliphatic carbocycles. The number of benzene rings is 2. The first-order valence-electron chi connectivity index (χ1n) is 9.01. The summed E-state index contributed by atoms with van der Waals surface area (Å²) in [5, 5.41) is 0. The maximum absolute atomic E-state index is 13.4. The summed E-state index contributed by atoms with van der Waals surface area (Å²) >= 11 is 0. The zero-order valence-electron chi connectivity index (χ0n) is 15.2. The Morgan fingerprint density at radius 2 is 1.54 bits per heavy atom. The van der Waals surface area contributed by atoms with Gasteiger partial charge in [-0.2, -0.15) is 0 Å². The number of hydrogen-bond donors (Lipinski definition) is 0. The number of aryl methyl sites for hydroxylation is 1. The van der Waals surface area contributed by atoms with E-state index < -0.39 is 0 Å². The second-order valence-corrected chi connectivity index (χ2v) is 6.78. The molecular weight excluding hydrogens is 327 g/mol. The molecule has 1 aliphatic heterocycles. The van der Waals surface area contributed by atoms with Crippen LogP contribution in [0.2, 0.25) is 0 Å². The summed E-state index contributed by atoms with van der Waals surface area (Å²) in [6, 6.07) is 17.5. The Labute approximate surface area is 153 Å². The number of halogens is 1. The molecule has 1 saturated heterocycles. The van der Waals surface area contributed by atoms with Gasteiger partial charge >= 0.3 is 0 Å². The van der Waals surface area contributed by atoms with E-state index in [-0.39, 0.29) is 5.82 Å². The average molecular weight is 350 g/mol. The highest BCUT2D eigenvalue weighted by Gasteiger charge is 2.20. The van der Waals surface area contributed by atoms with Gasteiger partial charge in [0.15, 0.2) is 0 Å². The molecule has 0 N–H and O–H groups in total. The van der Waals surface area contributed by atoms with Gasteiger partial charge in [-0.3, -0.25) is 0 Å². The van der Waals surface area contributed by atoms with Crippen molar-refractivity contribution in [2.24, 2.45) is 0 Å². The first-order chi connectivity index (χ1) is 12.6. The minimum absolute atomic E-state index is 0.219. The highest BCUT2D eigenvalue weighted by molar-refractivity contribution is 5.72. The van der Waals surface area contributed by atoms with Crippen LogP contribution >= 0.6 is 0 Å². The molecule has 0 saturated carbocycles. The number of anilines is 1. The van der Waals surface area contributed by atoms with E-state index in [9.17, 15) is 4.39 Å². The van der Waals surface area contributed by atoms with E-state index in [1.54, 1.807) is 0 Å². The maximum Gasteiger partial charge on any atom is 0.123 e. The van der Waals surface area contributed by atoms with E-state index in [1.165, 1.54) is 23.4 Å². The summed E-state index contributed by atoms with van der Waals surface area (Å²) in [4.78, 5) is 2.37. The number of rotatable bonds is 3. The fraction of sp³-hybridized carbons (Fsp3) is 0.273. The number of aromatic nitrogens is 1. The van der Waals surface area contributed by atoms with Crippen molar-refractivity contribution in [3.63, 3.8) is 0 Å². The van der Waals surface area contributed by atoms with Crippen LogP contribution in [0.15, 0.2) is 54.6 Å². The highest BCUT2D eigenvalue weighted by atomic mass is 19.1. The summed E-state index contributed by atoms with van der Waals surface area (Å²) < 4.78 is 21.2. The Morgan fingerprint density at radius 3 is 2.19 bits per heavy atom. The quantitative estimate of drug-likeness (QED) is 0.679. The van der Waals surface area contributed by atoms with Crippen molar-refractivity contribution in [3.05, 3.63) is 71.7 Å². The molecule has 3 aromatic rings. The van der Waals surface area contributed by atoms with Gasteiger partial charge in [-0.1, -0.05) is 29.8 Å². The lowest BCUT2D eigenvalue weighted by molar-refractivity contribution is 0.122. The standard InChI is InChI=1S/C22H23FN2O/c1-16-3-5-18(6-4-16)22-15-21(24-11-13-26-14-12-24)17(2)25(22)20-9-7-19(23)8-10-20/h3-10,15H,11-14H2,1-2H3. The van der Waals surface area contributed by atoms with Crippen LogP contribution in [-0.4, -0.2) is 30.9 Å². The van der Waals surface area contributed by atoms with Gasteiger partial charge in [0.05, 0.1) is 24.6 Å². The van der Waals surface area contributed by atoms with Gasteiger partial charge in [-0.05, 0) is 49.7 Å². The van der Waals surface area contributed by atoms with Gasteiger partial charge in [-0.15, -0.1) is 0 Å². The van der Waals surface area contributed by atoms with Gasteiger partial charge in [0.2, 0.25) is 0 Å². The van der Waals surface area contributed by atoms with Crippen molar-refractivity contribution in [3.8, 4) is 16.9 Å². The number of ether oxygens (including phenoxy) is 1. The van der Waals surface area contributed by atoms with Gasteiger partial charge in [0.1, 0.15) is 5.82 Å². The molecule has 134 valence electrons. The first-order valence-corrected chi connectivity index (χ1v) is 9.01. The van der Waals surface area contributed by atoms with E-state index >= 15 is 0 Å².